The van der Waals surface area contributed by atoms with E-state index in [1.807, 2.05) is 35.8 Å². The average Bonchev–Trinajstić information content (AvgIpc) is 2.76. The molecule has 1 aromatic heterocycles. The number of imidazole rings is 1. The first-order valence-corrected chi connectivity index (χ1v) is 5.99. The molecule has 0 spiro atoms. The minimum atomic E-state index is -0.868. The second-order valence-electron chi connectivity index (χ2n) is 4.61. The van der Waals surface area contributed by atoms with Crippen LogP contribution in [0, 0.1) is 18.6 Å². The molecule has 3 aromatic rings. The van der Waals surface area contributed by atoms with Gasteiger partial charge in [-0.25, -0.2) is 13.8 Å². The first kappa shape index (κ1) is 11.8. The van der Waals surface area contributed by atoms with Gasteiger partial charge < -0.3 is 4.57 Å². The molecule has 0 unspecified atom stereocenters. The highest BCUT2D eigenvalue weighted by atomic mass is 19.2. The van der Waals surface area contributed by atoms with Crippen LogP contribution in [0.5, 0.6) is 0 Å². The van der Waals surface area contributed by atoms with Gasteiger partial charge in [-0.1, -0.05) is 29.8 Å². The van der Waals surface area contributed by atoms with Crippen molar-refractivity contribution < 1.29 is 8.78 Å². The van der Waals surface area contributed by atoms with Crippen molar-refractivity contribution in [3.8, 4) is 0 Å². The van der Waals surface area contributed by atoms with Gasteiger partial charge in [0.25, 0.3) is 0 Å². The number of aromatic nitrogens is 2. The number of benzene rings is 2. The molecule has 0 fully saturated rings. The summed E-state index contributed by atoms with van der Waals surface area (Å²) in [7, 11) is 0. The third kappa shape index (κ3) is 2.21. The summed E-state index contributed by atoms with van der Waals surface area (Å²) in [5.74, 6) is -1.72. The van der Waals surface area contributed by atoms with Gasteiger partial charge in [0.05, 0.1) is 17.4 Å². The Kier molecular flexibility index (Phi) is 2.78. The summed E-state index contributed by atoms with van der Waals surface area (Å²) in [5.41, 5.74) is 3.34. The van der Waals surface area contributed by atoms with Crippen molar-refractivity contribution in [2.24, 2.45) is 0 Å². The van der Waals surface area contributed by atoms with Gasteiger partial charge in [-0.3, -0.25) is 0 Å². The second-order valence-corrected chi connectivity index (χ2v) is 4.61. The average molecular weight is 258 g/mol. The topological polar surface area (TPSA) is 17.8 Å². The van der Waals surface area contributed by atoms with Crippen LogP contribution in [0.4, 0.5) is 8.78 Å². The Morgan fingerprint density at radius 3 is 2.47 bits per heavy atom. The number of hydrogen-bond acceptors (Lipinski definition) is 1. The Bertz CT molecular complexity index is 730. The van der Waals surface area contributed by atoms with Crippen LogP contribution >= 0.6 is 0 Å². The second kappa shape index (κ2) is 4.46. The maximum Gasteiger partial charge on any atom is 0.161 e. The fraction of sp³-hybridized carbons (Fsp3) is 0.133. The van der Waals surface area contributed by atoms with Gasteiger partial charge in [0.1, 0.15) is 0 Å². The normalized spacial score (nSPS) is 11.1. The lowest BCUT2D eigenvalue weighted by molar-refractivity contribution is 0.510. The zero-order valence-corrected chi connectivity index (χ0v) is 10.4. The molecule has 3 rings (SSSR count). The van der Waals surface area contributed by atoms with E-state index in [1.54, 1.807) is 6.33 Å². The lowest BCUT2D eigenvalue weighted by Crippen LogP contribution is -1.98. The third-order valence-electron chi connectivity index (χ3n) is 3.14. The van der Waals surface area contributed by atoms with Gasteiger partial charge >= 0.3 is 0 Å². The third-order valence-corrected chi connectivity index (χ3v) is 3.14. The van der Waals surface area contributed by atoms with Gasteiger partial charge in [-0.05, 0) is 12.5 Å². The molecule has 0 aliphatic heterocycles. The van der Waals surface area contributed by atoms with Crippen molar-refractivity contribution in [1.29, 1.82) is 0 Å². The molecule has 0 aliphatic carbocycles. The predicted octanol–water partition coefficient (Wildman–Crippen LogP) is 3.67. The van der Waals surface area contributed by atoms with E-state index in [0.717, 1.165) is 11.6 Å². The predicted molar refractivity (Wildman–Crippen MR) is 69.9 cm³/mol. The van der Waals surface area contributed by atoms with E-state index in [1.165, 1.54) is 11.6 Å². The van der Waals surface area contributed by atoms with E-state index in [-0.39, 0.29) is 0 Å². The van der Waals surface area contributed by atoms with Crippen molar-refractivity contribution in [3.63, 3.8) is 0 Å². The lowest BCUT2D eigenvalue weighted by Gasteiger charge is -2.05. The molecule has 0 atom stereocenters. The Balaban J connectivity index is 2.01. The largest absolute Gasteiger partial charge is 0.326 e. The van der Waals surface area contributed by atoms with Gasteiger partial charge in [0.15, 0.2) is 11.6 Å². The number of nitrogens with zero attached hydrogens (tertiary/aromatic N) is 2. The summed E-state index contributed by atoms with van der Waals surface area (Å²) in [6.07, 6.45) is 1.60. The Morgan fingerprint density at radius 2 is 1.74 bits per heavy atom. The van der Waals surface area contributed by atoms with E-state index >= 15 is 0 Å². The summed E-state index contributed by atoms with van der Waals surface area (Å²) in [6.45, 7) is 2.61. The van der Waals surface area contributed by atoms with Gasteiger partial charge in [0, 0.05) is 18.7 Å². The highest BCUT2D eigenvalue weighted by Gasteiger charge is 2.09. The van der Waals surface area contributed by atoms with Gasteiger partial charge in [-0.2, -0.15) is 0 Å². The number of halogens is 2. The van der Waals surface area contributed by atoms with Crippen molar-refractivity contribution in [3.05, 3.63) is 65.5 Å². The van der Waals surface area contributed by atoms with Crippen LogP contribution in [0.2, 0.25) is 0 Å². The van der Waals surface area contributed by atoms with Crippen LogP contribution in [0.15, 0.2) is 42.7 Å². The summed E-state index contributed by atoms with van der Waals surface area (Å²) in [5, 5.41) is 0. The molecule has 19 heavy (non-hydrogen) atoms. The van der Waals surface area contributed by atoms with Crippen LogP contribution in [-0.2, 0) is 6.54 Å². The van der Waals surface area contributed by atoms with Crippen molar-refractivity contribution in [1.82, 2.24) is 9.55 Å². The van der Waals surface area contributed by atoms with Crippen LogP contribution in [-0.4, -0.2) is 9.55 Å². The molecular weight excluding hydrogens is 246 g/mol. The number of rotatable bonds is 2. The smallest absolute Gasteiger partial charge is 0.161 e. The van der Waals surface area contributed by atoms with Gasteiger partial charge in [-0.15, -0.1) is 0 Å². The quantitative estimate of drug-likeness (QED) is 0.685. The molecule has 0 N–H and O–H groups in total. The van der Waals surface area contributed by atoms with Crippen molar-refractivity contribution >= 4 is 11.0 Å². The molecular formula is C15H12F2N2. The zero-order valence-electron chi connectivity index (χ0n) is 10.4. The molecule has 0 aliphatic rings. The minimum Gasteiger partial charge on any atom is -0.326 e. The maximum atomic E-state index is 13.3. The molecule has 2 nitrogen and oxygen atoms in total. The van der Waals surface area contributed by atoms with Gasteiger partial charge in [0.2, 0.25) is 0 Å². The van der Waals surface area contributed by atoms with E-state index in [4.69, 9.17) is 0 Å². The van der Waals surface area contributed by atoms with Crippen LogP contribution < -0.4 is 0 Å². The summed E-state index contributed by atoms with van der Waals surface area (Å²) in [6, 6.07) is 10.4. The Labute approximate surface area is 109 Å². The first-order chi connectivity index (χ1) is 9.13. The standard InChI is InChI=1S/C15H12F2N2/c1-10-2-4-11(5-3-10)8-19-9-18-14-6-12(16)13(17)7-15(14)19/h2-7,9H,8H2,1H3. The first-order valence-electron chi connectivity index (χ1n) is 5.99. The number of fused-ring (bicyclic) bond motifs is 1. The van der Waals surface area contributed by atoms with Crippen LogP contribution in [0.25, 0.3) is 11.0 Å². The van der Waals surface area contributed by atoms with Crippen LogP contribution in [0.3, 0.4) is 0 Å². The SMILES string of the molecule is Cc1ccc(Cn2cnc3cc(F)c(F)cc32)cc1. The van der Waals surface area contributed by atoms with E-state index in [9.17, 15) is 8.78 Å². The van der Waals surface area contributed by atoms with E-state index < -0.39 is 11.6 Å². The molecule has 1 heterocycles. The number of aryl methyl sites for hydroxylation is 1. The number of hydrogen-bond donors (Lipinski definition) is 0. The summed E-state index contributed by atoms with van der Waals surface area (Å²) in [4.78, 5) is 4.09. The molecule has 96 valence electrons. The molecule has 4 heteroatoms. The molecule has 0 bridgehead atoms. The fourth-order valence-corrected chi connectivity index (χ4v) is 2.07. The highest BCUT2D eigenvalue weighted by molar-refractivity contribution is 5.75. The zero-order chi connectivity index (χ0) is 13.4. The lowest BCUT2D eigenvalue weighted by atomic mass is 10.1. The highest BCUT2D eigenvalue weighted by Crippen LogP contribution is 2.18. The van der Waals surface area contributed by atoms with Crippen molar-refractivity contribution in [2.75, 3.05) is 0 Å². The molecule has 0 radical (unpaired) electrons. The monoisotopic (exact) mass is 258 g/mol. The van der Waals surface area contributed by atoms with Crippen molar-refractivity contribution in [2.45, 2.75) is 13.5 Å². The fourth-order valence-electron chi connectivity index (χ4n) is 2.07. The Hall–Kier alpha value is -2.23. The minimum absolute atomic E-state index is 0.464. The summed E-state index contributed by atoms with van der Waals surface area (Å²) < 4.78 is 28.2. The van der Waals surface area contributed by atoms with Crippen LogP contribution in [0.1, 0.15) is 11.1 Å². The van der Waals surface area contributed by atoms with E-state index in [0.29, 0.717) is 17.6 Å². The molecule has 0 saturated carbocycles. The summed E-state index contributed by atoms with van der Waals surface area (Å²) >= 11 is 0. The maximum absolute atomic E-state index is 13.3. The Morgan fingerprint density at radius 1 is 1.05 bits per heavy atom. The van der Waals surface area contributed by atoms with E-state index in [2.05, 4.69) is 4.98 Å². The molecule has 0 saturated heterocycles. The molecule has 0 amide bonds. The molecule has 2 aromatic carbocycles.